The van der Waals surface area contributed by atoms with Crippen LogP contribution in [-0.2, 0) is 0 Å². The Hall–Kier alpha value is -8.14. The summed E-state index contributed by atoms with van der Waals surface area (Å²) in [7, 11) is 0. The molecule has 0 aromatic heterocycles. The van der Waals surface area contributed by atoms with E-state index in [9.17, 15) is 0 Å². The first-order chi connectivity index (χ1) is 30.8. The van der Waals surface area contributed by atoms with Gasteiger partial charge < -0.3 is 14.5 Å². The van der Waals surface area contributed by atoms with E-state index in [2.05, 4.69) is 252 Å². The summed E-state index contributed by atoms with van der Waals surface area (Å²) in [4.78, 5) is 4.57. The molecule has 0 N–H and O–H groups in total. The highest BCUT2D eigenvalue weighted by Gasteiger charge is 2.26. The van der Waals surface area contributed by atoms with Gasteiger partial charge in [-0.1, -0.05) is 170 Å². The lowest BCUT2D eigenvalue weighted by molar-refractivity contribution is 0.513. The second-order valence-electron chi connectivity index (χ2n) is 15.6. The van der Waals surface area contributed by atoms with Crippen LogP contribution in [0, 0.1) is 0 Å². The molecule has 0 saturated heterocycles. The van der Waals surface area contributed by atoms with E-state index in [1.54, 1.807) is 0 Å². The summed E-state index contributed by atoms with van der Waals surface area (Å²) in [6.45, 7) is 0. The molecule has 0 spiro atoms. The van der Waals surface area contributed by atoms with Crippen molar-refractivity contribution in [3.8, 4) is 39.1 Å². The molecule has 3 heteroatoms. The molecule has 11 rings (SSSR count). The van der Waals surface area contributed by atoms with Crippen LogP contribution < -0.4 is 25.0 Å². The molecule has 0 fully saturated rings. The summed E-state index contributed by atoms with van der Waals surface area (Å²) < 4.78 is 7.00. The highest BCUT2D eigenvalue weighted by Crippen LogP contribution is 2.46. The van der Waals surface area contributed by atoms with E-state index in [1.165, 1.54) is 44.2 Å². The third-order valence-corrected chi connectivity index (χ3v) is 11.9. The first-order valence-electron chi connectivity index (χ1n) is 21.2. The smallest absolute Gasteiger partial charge is 0.159 e. The van der Waals surface area contributed by atoms with Crippen molar-refractivity contribution in [1.29, 1.82) is 0 Å². The second kappa shape index (κ2) is 16.1. The number of fused-ring (bicyclic) bond motifs is 2. The average molecular weight is 795 g/mol. The standard InChI is InChI=1S/C59H42N2O/c1-5-16-47(17-6-1)60(48-18-7-2-8-19-48)51-40-38-45(39-41-51)43-32-30-42(31-33-43)44-34-36-46(37-35-44)52-24-15-29-57-58-53(52)25-13-26-54(58)55-27-14-28-56(59(55)62-57)61(49-20-9-3-10-21-49)50-22-11-4-12-23-50/h1-23,25-41H,24H2. The minimum Gasteiger partial charge on any atom is -0.454 e. The van der Waals surface area contributed by atoms with Gasteiger partial charge in [-0.05, 0) is 123 Å². The zero-order valence-corrected chi connectivity index (χ0v) is 34.1. The fourth-order valence-electron chi connectivity index (χ4n) is 8.96. The lowest BCUT2D eigenvalue weighted by atomic mass is 9.93. The monoisotopic (exact) mass is 794 g/mol. The van der Waals surface area contributed by atoms with Crippen LogP contribution in [0.1, 0.15) is 12.0 Å². The number of nitrogens with zero attached hydrogens (tertiary/aromatic N) is 2. The van der Waals surface area contributed by atoms with Gasteiger partial charge in [0.15, 0.2) is 5.75 Å². The van der Waals surface area contributed by atoms with Crippen LogP contribution >= 0.6 is 0 Å². The van der Waals surface area contributed by atoms with Crippen molar-refractivity contribution in [2.75, 3.05) is 9.80 Å². The lowest BCUT2D eigenvalue weighted by Crippen LogP contribution is -2.34. The summed E-state index contributed by atoms with van der Waals surface area (Å²) in [6, 6.07) is 82.1. The number of hydrogen-bond donors (Lipinski definition) is 0. The highest BCUT2D eigenvalue weighted by atomic mass is 16.5. The Morgan fingerprint density at radius 1 is 0.339 bits per heavy atom. The number of benzene rings is 9. The average Bonchev–Trinajstić information content (AvgIpc) is 3.54. The van der Waals surface area contributed by atoms with Gasteiger partial charge in [-0.15, -0.1) is 0 Å². The Morgan fingerprint density at radius 2 is 0.758 bits per heavy atom. The second-order valence-corrected chi connectivity index (χ2v) is 15.6. The van der Waals surface area contributed by atoms with Gasteiger partial charge in [0, 0.05) is 39.2 Å². The van der Waals surface area contributed by atoms with Gasteiger partial charge in [-0.25, -0.2) is 0 Å². The minimum absolute atomic E-state index is 0.800. The van der Waals surface area contributed by atoms with Gasteiger partial charge in [-0.2, -0.15) is 0 Å². The summed E-state index contributed by atoms with van der Waals surface area (Å²) in [5.41, 5.74) is 16.1. The van der Waals surface area contributed by atoms with E-state index in [1.807, 2.05) is 0 Å². The third-order valence-electron chi connectivity index (χ3n) is 11.9. The molecule has 0 saturated carbocycles. The van der Waals surface area contributed by atoms with Crippen LogP contribution in [-0.4, -0.2) is 0 Å². The zero-order chi connectivity index (χ0) is 41.2. The van der Waals surface area contributed by atoms with Gasteiger partial charge in [0.25, 0.3) is 0 Å². The van der Waals surface area contributed by atoms with Gasteiger partial charge >= 0.3 is 0 Å². The molecule has 0 radical (unpaired) electrons. The molecule has 0 bridgehead atoms. The fourth-order valence-corrected chi connectivity index (χ4v) is 8.96. The number of ether oxygens (including phenoxy) is 1. The van der Waals surface area contributed by atoms with Crippen LogP contribution in [0.25, 0.3) is 44.7 Å². The molecule has 9 aromatic carbocycles. The molecule has 3 nitrogen and oxygen atoms in total. The maximum atomic E-state index is 7.00. The van der Waals surface area contributed by atoms with Crippen LogP contribution in [0.15, 0.2) is 243 Å². The maximum absolute atomic E-state index is 7.00. The van der Waals surface area contributed by atoms with Crippen molar-refractivity contribution < 1.29 is 4.74 Å². The molecule has 1 aliphatic carbocycles. The Bertz CT molecular complexity index is 3100. The normalized spacial score (nSPS) is 12.5. The molecule has 0 amide bonds. The molecule has 294 valence electrons. The quantitative estimate of drug-likeness (QED) is 0.145. The number of allylic oxidation sites excluding steroid dienone is 1. The van der Waals surface area contributed by atoms with Crippen LogP contribution in [0.3, 0.4) is 0 Å². The van der Waals surface area contributed by atoms with Crippen LogP contribution in [0.5, 0.6) is 5.75 Å². The summed E-state index contributed by atoms with van der Waals surface area (Å²) in [6.07, 6.45) is 5.21. The Kier molecular flexibility index (Phi) is 9.61. The molecule has 9 aromatic rings. The lowest BCUT2D eigenvalue weighted by Gasteiger charge is -2.30. The van der Waals surface area contributed by atoms with Crippen LogP contribution in [0.4, 0.5) is 34.1 Å². The summed E-state index contributed by atoms with van der Waals surface area (Å²) >= 11 is 0. The van der Waals surface area contributed by atoms with E-state index in [0.717, 1.165) is 62.8 Å². The van der Waals surface area contributed by atoms with Crippen molar-refractivity contribution in [3.05, 3.63) is 259 Å². The zero-order valence-electron chi connectivity index (χ0n) is 34.1. The van der Waals surface area contributed by atoms with Crippen molar-refractivity contribution in [3.63, 3.8) is 0 Å². The Morgan fingerprint density at radius 3 is 1.27 bits per heavy atom. The number of rotatable bonds is 9. The Balaban J connectivity index is 0.892. The minimum atomic E-state index is 0.800. The van der Waals surface area contributed by atoms with E-state index >= 15 is 0 Å². The van der Waals surface area contributed by atoms with Crippen molar-refractivity contribution in [2.45, 2.75) is 6.42 Å². The molecule has 1 aliphatic heterocycles. The highest BCUT2D eigenvalue weighted by molar-refractivity contribution is 5.91. The molecule has 0 unspecified atom stereocenters. The van der Waals surface area contributed by atoms with E-state index in [-0.39, 0.29) is 0 Å². The molecule has 0 atom stereocenters. The summed E-state index contributed by atoms with van der Waals surface area (Å²) in [5.74, 6) is 1.74. The number of anilines is 6. The molecule has 1 heterocycles. The topological polar surface area (TPSA) is 15.7 Å². The van der Waals surface area contributed by atoms with E-state index in [0.29, 0.717) is 0 Å². The van der Waals surface area contributed by atoms with Gasteiger partial charge in [-0.3, -0.25) is 0 Å². The Labute approximate surface area is 362 Å². The van der Waals surface area contributed by atoms with Gasteiger partial charge in [0.1, 0.15) is 5.76 Å². The fraction of sp³-hybridized carbons (Fsp3) is 0.0169. The molecule has 62 heavy (non-hydrogen) atoms. The van der Waals surface area contributed by atoms with Gasteiger partial charge in [0.2, 0.25) is 0 Å². The molecular weight excluding hydrogens is 753 g/mol. The largest absolute Gasteiger partial charge is 0.454 e. The maximum Gasteiger partial charge on any atom is 0.159 e. The SMILES string of the molecule is C1=CC2=c3c(cccc3=C(c3ccc(-c4ccc(-c5ccc(N(c6ccccc6)c6ccccc6)cc5)cc4)cc3)C1)-c1cccc(N(c3ccccc3)c3ccccc3)c1O2. The molecule has 2 aliphatic rings. The van der Waals surface area contributed by atoms with Crippen molar-refractivity contribution in [2.24, 2.45) is 0 Å². The first kappa shape index (κ1) is 36.9. The number of hydrogen-bond acceptors (Lipinski definition) is 3. The summed E-state index contributed by atoms with van der Waals surface area (Å²) in [5, 5.41) is 2.35. The number of para-hydroxylation sites is 5. The molecular formula is C59H42N2O. The predicted octanol–water partition coefficient (Wildman–Crippen LogP) is 14.3. The first-order valence-corrected chi connectivity index (χ1v) is 21.2. The van der Waals surface area contributed by atoms with E-state index < -0.39 is 0 Å². The third kappa shape index (κ3) is 6.86. The van der Waals surface area contributed by atoms with Crippen LogP contribution in [0.2, 0.25) is 0 Å². The van der Waals surface area contributed by atoms with Gasteiger partial charge in [0.05, 0.1) is 5.69 Å². The van der Waals surface area contributed by atoms with Crippen molar-refractivity contribution in [1.82, 2.24) is 0 Å². The predicted molar refractivity (Wildman–Crippen MR) is 258 cm³/mol. The van der Waals surface area contributed by atoms with E-state index in [4.69, 9.17) is 4.74 Å². The van der Waals surface area contributed by atoms with Crippen molar-refractivity contribution >= 4 is 45.5 Å².